The predicted molar refractivity (Wildman–Crippen MR) is 99.9 cm³/mol. The lowest BCUT2D eigenvalue weighted by molar-refractivity contribution is -0.385. The van der Waals surface area contributed by atoms with Crippen LogP contribution < -0.4 is 0 Å². The maximum atomic E-state index is 13.1. The van der Waals surface area contributed by atoms with E-state index in [2.05, 4.69) is 6.07 Å². The number of unbranched alkanes of at least 4 members (excludes halogenated alkanes) is 1. The van der Waals surface area contributed by atoms with E-state index >= 15 is 0 Å². The van der Waals surface area contributed by atoms with Crippen molar-refractivity contribution in [3.63, 3.8) is 0 Å². The van der Waals surface area contributed by atoms with Crippen molar-refractivity contribution in [3.05, 3.63) is 34.4 Å². The summed E-state index contributed by atoms with van der Waals surface area (Å²) in [6.45, 7) is 8.42. The second kappa shape index (κ2) is 9.10. The molecule has 0 bridgehead atoms. The standard InChI is InChI=1S/C18H27N3O4S/c1-15(2)13-20(14-18(3,4)10-5-6-11-19)26(24,25)17-9-7-8-16(12-17)21(22)23/h7-9,12,15H,5-6,10,13-14H2,1-4H3. The van der Waals surface area contributed by atoms with Crippen LogP contribution in [0, 0.1) is 32.8 Å². The highest BCUT2D eigenvalue weighted by molar-refractivity contribution is 7.89. The minimum atomic E-state index is -3.85. The Bertz CT molecular complexity index is 767. The van der Waals surface area contributed by atoms with Gasteiger partial charge < -0.3 is 0 Å². The van der Waals surface area contributed by atoms with Crippen molar-refractivity contribution < 1.29 is 13.3 Å². The van der Waals surface area contributed by atoms with Gasteiger partial charge in [-0.15, -0.1) is 0 Å². The van der Waals surface area contributed by atoms with Gasteiger partial charge in [0, 0.05) is 31.6 Å². The van der Waals surface area contributed by atoms with Crippen LogP contribution in [0.1, 0.15) is 47.0 Å². The molecule has 8 heteroatoms. The number of nitro benzene ring substituents is 1. The average Bonchev–Trinajstić information content (AvgIpc) is 2.53. The molecule has 1 rings (SSSR count). The third kappa shape index (κ3) is 6.39. The zero-order chi connectivity index (χ0) is 20.0. The van der Waals surface area contributed by atoms with Crippen LogP contribution >= 0.6 is 0 Å². The van der Waals surface area contributed by atoms with Crippen molar-refractivity contribution in [2.45, 2.75) is 51.9 Å². The summed E-state index contributed by atoms with van der Waals surface area (Å²) in [5.74, 6) is 0.110. The van der Waals surface area contributed by atoms with E-state index in [0.29, 0.717) is 25.9 Å². The summed E-state index contributed by atoms with van der Waals surface area (Å²) in [5.41, 5.74) is -0.552. The van der Waals surface area contributed by atoms with Gasteiger partial charge in [0.1, 0.15) is 0 Å². The van der Waals surface area contributed by atoms with Crippen molar-refractivity contribution in [2.75, 3.05) is 13.1 Å². The molecule has 0 saturated heterocycles. The van der Waals surface area contributed by atoms with Crippen LogP contribution in [0.3, 0.4) is 0 Å². The Morgan fingerprint density at radius 3 is 2.54 bits per heavy atom. The molecule has 0 amide bonds. The number of rotatable bonds is 10. The van der Waals surface area contributed by atoms with Crippen LogP contribution in [-0.2, 0) is 10.0 Å². The molecule has 0 spiro atoms. The van der Waals surface area contributed by atoms with E-state index in [1.54, 1.807) is 0 Å². The van der Waals surface area contributed by atoms with E-state index in [0.717, 1.165) is 12.5 Å². The molecule has 144 valence electrons. The van der Waals surface area contributed by atoms with Crippen molar-refractivity contribution in [3.8, 4) is 6.07 Å². The molecular formula is C18H27N3O4S. The molecule has 0 aromatic heterocycles. The smallest absolute Gasteiger partial charge is 0.258 e. The number of nitrogens with zero attached hydrogens (tertiary/aromatic N) is 3. The summed E-state index contributed by atoms with van der Waals surface area (Å²) >= 11 is 0. The Balaban J connectivity index is 3.16. The first-order chi connectivity index (χ1) is 12.0. The number of sulfonamides is 1. The van der Waals surface area contributed by atoms with Gasteiger partial charge in [0.05, 0.1) is 15.9 Å². The van der Waals surface area contributed by atoms with Crippen molar-refractivity contribution in [1.82, 2.24) is 4.31 Å². The van der Waals surface area contributed by atoms with Gasteiger partial charge in [-0.05, 0) is 30.2 Å². The van der Waals surface area contributed by atoms with Crippen LogP contribution in [0.25, 0.3) is 0 Å². The van der Waals surface area contributed by atoms with E-state index in [4.69, 9.17) is 5.26 Å². The van der Waals surface area contributed by atoms with Gasteiger partial charge in [-0.2, -0.15) is 9.57 Å². The first-order valence-corrected chi connectivity index (χ1v) is 10.0. The average molecular weight is 381 g/mol. The highest BCUT2D eigenvalue weighted by atomic mass is 32.2. The zero-order valence-corrected chi connectivity index (χ0v) is 16.6. The molecule has 1 aromatic rings. The van der Waals surface area contributed by atoms with E-state index in [-0.39, 0.29) is 21.9 Å². The molecule has 0 aliphatic carbocycles. The van der Waals surface area contributed by atoms with Gasteiger partial charge in [0.25, 0.3) is 5.69 Å². The monoisotopic (exact) mass is 381 g/mol. The number of nitriles is 1. The molecule has 26 heavy (non-hydrogen) atoms. The van der Waals surface area contributed by atoms with Crippen LogP contribution in [0.5, 0.6) is 0 Å². The predicted octanol–water partition coefficient (Wildman–Crippen LogP) is 3.96. The lowest BCUT2D eigenvalue weighted by Gasteiger charge is -2.33. The normalized spacial score (nSPS) is 12.3. The highest BCUT2D eigenvalue weighted by Gasteiger charge is 2.31. The van der Waals surface area contributed by atoms with Gasteiger partial charge in [-0.3, -0.25) is 10.1 Å². The molecule has 7 nitrogen and oxygen atoms in total. The molecule has 0 atom stereocenters. The molecule has 0 fully saturated rings. The molecule has 0 unspecified atom stereocenters. The van der Waals surface area contributed by atoms with Gasteiger partial charge >= 0.3 is 0 Å². The largest absolute Gasteiger partial charge is 0.270 e. The maximum Gasteiger partial charge on any atom is 0.270 e. The molecule has 0 N–H and O–H groups in total. The topological polar surface area (TPSA) is 104 Å². The third-order valence-electron chi connectivity index (χ3n) is 3.98. The van der Waals surface area contributed by atoms with Crippen molar-refractivity contribution in [2.24, 2.45) is 11.3 Å². The van der Waals surface area contributed by atoms with Gasteiger partial charge in [-0.25, -0.2) is 8.42 Å². The molecule has 0 saturated carbocycles. The Hall–Kier alpha value is -1.98. The van der Waals surface area contributed by atoms with E-state index in [1.165, 1.54) is 22.5 Å². The molecule has 0 aliphatic rings. The van der Waals surface area contributed by atoms with Crippen molar-refractivity contribution in [1.29, 1.82) is 5.26 Å². The number of nitro groups is 1. The minimum absolute atomic E-state index is 0.0693. The quantitative estimate of drug-likeness (QED) is 0.346. The number of hydrogen-bond donors (Lipinski definition) is 0. The summed E-state index contributed by atoms with van der Waals surface area (Å²) in [7, 11) is -3.85. The van der Waals surface area contributed by atoms with Crippen LogP contribution in [0.4, 0.5) is 5.69 Å². The first kappa shape index (κ1) is 22.1. The fraction of sp³-hybridized carbons (Fsp3) is 0.611. The number of hydrogen-bond acceptors (Lipinski definition) is 5. The Morgan fingerprint density at radius 2 is 2.00 bits per heavy atom. The SMILES string of the molecule is CC(C)CN(CC(C)(C)CCCC#N)S(=O)(=O)c1cccc([N+](=O)[O-])c1. The minimum Gasteiger partial charge on any atom is -0.258 e. The molecule has 1 aromatic carbocycles. The number of non-ortho nitro benzene ring substituents is 1. The van der Waals surface area contributed by atoms with E-state index in [1.807, 2.05) is 27.7 Å². The second-order valence-electron chi connectivity index (χ2n) is 7.62. The molecule has 0 radical (unpaired) electrons. The zero-order valence-electron chi connectivity index (χ0n) is 15.8. The van der Waals surface area contributed by atoms with E-state index in [9.17, 15) is 18.5 Å². The fourth-order valence-corrected chi connectivity index (χ4v) is 4.60. The maximum absolute atomic E-state index is 13.1. The van der Waals surface area contributed by atoms with Crippen LogP contribution in [-0.4, -0.2) is 30.7 Å². The summed E-state index contributed by atoms with van der Waals surface area (Å²) in [4.78, 5) is 10.3. The molecule has 0 heterocycles. The van der Waals surface area contributed by atoms with Crippen molar-refractivity contribution >= 4 is 15.7 Å². The summed E-state index contributed by atoms with van der Waals surface area (Å²) in [5, 5.41) is 19.7. The molecule has 0 aliphatic heterocycles. The highest BCUT2D eigenvalue weighted by Crippen LogP contribution is 2.29. The van der Waals surface area contributed by atoms with Gasteiger partial charge in [-0.1, -0.05) is 33.8 Å². The molecular weight excluding hydrogens is 354 g/mol. The fourth-order valence-electron chi connectivity index (χ4n) is 2.76. The van der Waals surface area contributed by atoms with Crippen LogP contribution in [0.15, 0.2) is 29.2 Å². The summed E-state index contributed by atoms with van der Waals surface area (Å²) < 4.78 is 27.6. The Kier molecular flexibility index (Phi) is 7.72. The third-order valence-corrected chi connectivity index (χ3v) is 5.79. The Morgan fingerprint density at radius 1 is 1.35 bits per heavy atom. The summed E-state index contributed by atoms with van der Waals surface area (Å²) in [6, 6.07) is 7.25. The Labute approximate surface area is 155 Å². The second-order valence-corrected chi connectivity index (χ2v) is 9.56. The summed E-state index contributed by atoms with van der Waals surface area (Å²) in [6.07, 6.45) is 1.86. The van der Waals surface area contributed by atoms with Crippen LogP contribution in [0.2, 0.25) is 0 Å². The van der Waals surface area contributed by atoms with E-state index < -0.39 is 14.9 Å². The lowest BCUT2D eigenvalue weighted by atomic mass is 9.87. The lowest BCUT2D eigenvalue weighted by Crippen LogP contribution is -2.41. The number of benzene rings is 1. The first-order valence-electron chi connectivity index (χ1n) is 8.61. The van der Waals surface area contributed by atoms with Gasteiger partial charge in [0.15, 0.2) is 0 Å². The van der Waals surface area contributed by atoms with Gasteiger partial charge in [0.2, 0.25) is 10.0 Å².